The van der Waals surface area contributed by atoms with Gasteiger partial charge in [0.05, 0.1) is 0 Å². The molecule has 0 aliphatic carbocycles. The molecule has 0 radical (unpaired) electrons. The molecule has 0 fully saturated rings. The van der Waals surface area contributed by atoms with Crippen LogP contribution in [0.25, 0.3) is 27.6 Å². The average Bonchev–Trinajstić information content (AvgIpc) is 3.78. The predicted molar refractivity (Wildman–Crippen MR) is 259 cm³/mol. The van der Waals surface area contributed by atoms with Crippen LogP contribution in [0.2, 0.25) is 0 Å². The second-order valence-electron chi connectivity index (χ2n) is 20.4. The van der Waals surface area contributed by atoms with E-state index in [9.17, 15) is 0 Å². The van der Waals surface area contributed by atoms with Gasteiger partial charge in [-0.1, -0.05) is 142 Å². The molecule has 0 amide bonds. The van der Waals surface area contributed by atoms with Crippen molar-refractivity contribution in [1.29, 1.82) is 0 Å². The van der Waals surface area contributed by atoms with Gasteiger partial charge in [0.1, 0.15) is 5.82 Å². The summed E-state index contributed by atoms with van der Waals surface area (Å²) in [5.41, 5.74) is 12.3. The van der Waals surface area contributed by atoms with Crippen molar-refractivity contribution >= 4 is 44.6 Å². The van der Waals surface area contributed by atoms with E-state index in [2.05, 4.69) is 225 Å². The van der Waals surface area contributed by atoms with Crippen LogP contribution >= 0.6 is 0 Å². The van der Waals surface area contributed by atoms with Crippen LogP contribution in [0.4, 0.5) is 22.7 Å². The minimum Gasteiger partial charge on any atom is -0.509 e. The SMILES string of the molecule is CC(C)(C)c1ccnc(-n2c3[c-]c(Oc4[c-]c(N5[CH-]N(c6cccc(C(C)(C)c7ccccc7)c6)c6cc(C(C)(C)C)c(C(C)(C)C)cc65)ccc4)ccc3c3ccccc32)c1.[Pt]. The van der Waals surface area contributed by atoms with E-state index in [1.165, 1.54) is 27.8 Å². The molecule has 9 rings (SSSR count). The van der Waals surface area contributed by atoms with Crippen LogP contribution in [0.15, 0.2) is 140 Å². The van der Waals surface area contributed by atoms with Crippen molar-refractivity contribution in [2.24, 2.45) is 0 Å². The number of aromatic nitrogens is 2. The molecular weight excluding hydrogens is 952 g/mol. The Hall–Kier alpha value is -5.64. The molecule has 0 saturated heterocycles. The molecule has 5 nitrogen and oxygen atoms in total. The van der Waals surface area contributed by atoms with Gasteiger partial charge in [-0.2, -0.15) is 12.1 Å². The van der Waals surface area contributed by atoms with Crippen LogP contribution in [-0.4, -0.2) is 9.55 Å². The Morgan fingerprint density at radius 1 is 0.524 bits per heavy atom. The molecule has 324 valence electrons. The number of benzene rings is 6. The Morgan fingerprint density at radius 2 is 1.16 bits per heavy atom. The molecule has 0 spiro atoms. The largest absolute Gasteiger partial charge is 0.509 e. The number of hydrogen-bond acceptors (Lipinski definition) is 4. The van der Waals surface area contributed by atoms with Gasteiger partial charge in [-0.25, -0.2) is 4.98 Å². The summed E-state index contributed by atoms with van der Waals surface area (Å²) in [4.78, 5) is 9.47. The van der Waals surface area contributed by atoms with Gasteiger partial charge in [0, 0.05) is 66.8 Å². The number of para-hydroxylation sites is 1. The number of nitrogens with zero attached hydrogens (tertiary/aromatic N) is 4. The van der Waals surface area contributed by atoms with Crippen molar-refractivity contribution in [1.82, 2.24) is 9.55 Å². The quantitative estimate of drug-likeness (QED) is 0.149. The van der Waals surface area contributed by atoms with E-state index in [4.69, 9.17) is 9.72 Å². The predicted octanol–water partition coefficient (Wildman–Crippen LogP) is 15.2. The monoisotopic (exact) mass is 1010 g/mol. The second kappa shape index (κ2) is 16.2. The number of rotatable bonds is 7. The van der Waals surface area contributed by atoms with Crippen molar-refractivity contribution in [3.8, 4) is 17.3 Å². The molecule has 0 saturated carbocycles. The maximum atomic E-state index is 6.69. The van der Waals surface area contributed by atoms with Crippen molar-refractivity contribution in [3.05, 3.63) is 186 Å². The van der Waals surface area contributed by atoms with E-state index in [1.54, 1.807) is 0 Å². The Bertz CT molecular complexity index is 2960. The summed E-state index contributed by atoms with van der Waals surface area (Å²) in [6, 6.07) is 54.9. The molecule has 0 atom stereocenters. The van der Waals surface area contributed by atoms with Crippen molar-refractivity contribution in [2.45, 2.75) is 97.8 Å². The van der Waals surface area contributed by atoms with Gasteiger partial charge in [0.2, 0.25) is 0 Å². The summed E-state index contributed by atoms with van der Waals surface area (Å²) in [6.07, 6.45) is 1.91. The topological polar surface area (TPSA) is 33.5 Å². The Balaban J connectivity index is 0.00000544. The van der Waals surface area contributed by atoms with E-state index >= 15 is 0 Å². The maximum absolute atomic E-state index is 6.69. The van der Waals surface area contributed by atoms with E-state index in [0.717, 1.165) is 50.4 Å². The molecule has 8 aromatic rings. The maximum Gasteiger partial charge on any atom is 0.135 e. The first-order valence-corrected chi connectivity index (χ1v) is 21.8. The van der Waals surface area contributed by atoms with Crippen molar-refractivity contribution in [3.63, 3.8) is 0 Å². The average molecular weight is 1010 g/mol. The molecule has 0 unspecified atom stereocenters. The second-order valence-corrected chi connectivity index (χ2v) is 20.4. The third kappa shape index (κ3) is 8.22. The van der Waals surface area contributed by atoms with E-state index in [1.807, 2.05) is 24.4 Å². The minimum atomic E-state index is -0.188. The Morgan fingerprint density at radius 3 is 1.86 bits per heavy atom. The molecule has 0 bridgehead atoms. The summed E-state index contributed by atoms with van der Waals surface area (Å²) < 4.78 is 8.89. The Kier molecular flexibility index (Phi) is 11.3. The number of ether oxygens (including phenoxy) is 1. The van der Waals surface area contributed by atoms with Crippen molar-refractivity contribution in [2.75, 3.05) is 9.80 Å². The summed E-state index contributed by atoms with van der Waals surface area (Å²) in [7, 11) is 0. The number of fused-ring (bicyclic) bond motifs is 4. The zero-order chi connectivity index (χ0) is 43.8. The normalized spacial score (nSPS) is 13.4. The van der Waals surface area contributed by atoms with Gasteiger partial charge in [-0.05, 0) is 91.9 Å². The van der Waals surface area contributed by atoms with E-state index < -0.39 is 0 Å². The first kappa shape index (κ1) is 44.0. The minimum absolute atomic E-state index is 0. The van der Waals surface area contributed by atoms with Gasteiger partial charge in [-0.3, -0.25) is 0 Å². The molecule has 3 heterocycles. The van der Waals surface area contributed by atoms with Gasteiger partial charge in [-0.15, -0.1) is 48.1 Å². The van der Waals surface area contributed by atoms with Crippen LogP contribution in [0, 0.1) is 18.8 Å². The van der Waals surface area contributed by atoms with Crippen LogP contribution in [0.5, 0.6) is 11.5 Å². The zero-order valence-electron chi connectivity index (χ0n) is 38.4. The van der Waals surface area contributed by atoms with Crippen LogP contribution < -0.4 is 14.5 Å². The number of hydrogen-bond donors (Lipinski definition) is 0. The van der Waals surface area contributed by atoms with Gasteiger partial charge >= 0.3 is 0 Å². The summed E-state index contributed by atoms with van der Waals surface area (Å²) >= 11 is 0. The standard InChI is InChI=1S/C57H57N4O.Pt/c1-54(2,3)39-29-30-58-53(32-39)61-49-26-16-15-25-45(49)46-28-27-44(34-50(46)61)62-43-24-18-23-42(33-43)60-37-59(51-35-47(55(4,5)6)48(36-52(51)60)56(7,8)9)41-22-17-21-40(31-41)57(10,11)38-19-13-12-14-20-38;/h12-32,35-37H,1-11H3;/q-3;. The van der Waals surface area contributed by atoms with Gasteiger partial charge < -0.3 is 19.1 Å². The van der Waals surface area contributed by atoms with Gasteiger partial charge in [0.25, 0.3) is 0 Å². The molecule has 1 aliphatic rings. The van der Waals surface area contributed by atoms with Gasteiger partial charge in [0.15, 0.2) is 0 Å². The van der Waals surface area contributed by atoms with E-state index in [-0.39, 0.29) is 42.7 Å². The van der Waals surface area contributed by atoms with Crippen LogP contribution in [0.1, 0.15) is 104 Å². The Labute approximate surface area is 389 Å². The summed E-state index contributed by atoms with van der Waals surface area (Å²) in [5, 5.41) is 2.24. The summed E-state index contributed by atoms with van der Waals surface area (Å²) in [6.45, 7) is 27.4. The third-order valence-corrected chi connectivity index (χ3v) is 12.5. The smallest absolute Gasteiger partial charge is 0.135 e. The van der Waals surface area contributed by atoms with Crippen LogP contribution in [0.3, 0.4) is 0 Å². The molecule has 2 aromatic heterocycles. The molecule has 0 N–H and O–H groups in total. The fraction of sp³-hybridized carbons (Fsp3) is 0.263. The molecule has 6 heteroatoms. The van der Waals surface area contributed by atoms with Crippen molar-refractivity contribution < 1.29 is 25.8 Å². The first-order chi connectivity index (χ1) is 29.4. The fourth-order valence-corrected chi connectivity index (χ4v) is 8.84. The molecule has 6 aromatic carbocycles. The van der Waals surface area contributed by atoms with E-state index in [0.29, 0.717) is 11.5 Å². The van der Waals surface area contributed by atoms with Crippen LogP contribution in [-0.2, 0) is 42.7 Å². The summed E-state index contributed by atoms with van der Waals surface area (Å²) in [5.74, 6) is 2.07. The molecule has 1 aliphatic heterocycles. The third-order valence-electron chi connectivity index (χ3n) is 12.5. The molecule has 63 heavy (non-hydrogen) atoms. The molecular formula is C57H57N4OPt-3. The number of anilines is 4. The zero-order valence-corrected chi connectivity index (χ0v) is 40.6. The fourth-order valence-electron chi connectivity index (χ4n) is 8.84. The number of pyridine rings is 1. The first-order valence-electron chi connectivity index (χ1n) is 21.8.